The highest BCUT2D eigenvalue weighted by Gasteiger charge is 2.21. The molecule has 0 heterocycles. The Kier molecular flexibility index (Phi) is 4.89. The molecule has 0 saturated carbocycles. The molecule has 1 amide bonds. The van der Waals surface area contributed by atoms with Crippen molar-refractivity contribution in [1.82, 2.24) is 0 Å². The number of ether oxygens (including phenoxy) is 2. The number of rotatable bonds is 5. The van der Waals surface area contributed by atoms with Crippen molar-refractivity contribution in [2.75, 3.05) is 0 Å². The second-order valence-electron chi connectivity index (χ2n) is 3.88. The largest absolute Gasteiger partial charge is 0.479 e. The molecule has 1 aromatic rings. The Labute approximate surface area is 110 Å². The van der Waals surface area contributed by atoms with Crippen molar-refractivity contribution in [2.24, 2.45) is 5.73 Å². The smallest absolute Gasteiger partial charge is 0.347 e. The number of primary amides is 1. The number of carbonyl (C=O) groups excluding carboxylic acids is 2. The van der Waals surface area contributed by atoms with Gasteiger partial charge in [0.2, 0.25) is 0 Å². The van der Waals surface area contributed by atoms with Crippen molar-refractivity contribution in [3.05, 3.63) is 29.8 Å². The predicted molar refractivity (Wildman–Crippen MR) is 66.0 cm³/mol. The van der Waals surface area contributed by atoms with Gasteiger partial charge in [-0.05, 0) is 38.1 Å². The lowest BCUT2D eigenvalue weighted by atomic mass is 10.2. The van der Waals surface area contributed by atoms with E-state index in [1.807, 2.05) is 6.07 Å². The number of amides is 1. The lowest BCUT2D eigenvalue weighted by Crippen LogP contribution is -2.35. The fourth-order valence-corrected chi connectivity index (χ4v) is 1.19. The molecule has 6 nitrogen and oxygen atoms in total. The maximum atomic E-state index is 11.6. The van der Waals surface area contributed by atoms with Crippen LogP contribution in [0.5, 0.6) is 5.75 Å². The fraction of sp³-hybridized carbons (Fsp3) is 0.308. The maximum Gasteiger partial charge on any atom is 0.347 e. The fourth-order valence-electron chi connectivity index (χ4n) is 1.19. The Hall–Kier alpha value is -2.55. The lowest BCUT2D eigenvalue weighted by Gasteiger charge is -2.16. The SMILES string of the molecule is C[C@H](Oc1ccc(C#N)cc1)C(=O)O[C@H](C)C(N)=O. The molecule has 0 aliphatic rings. The molecule has 2 atom stereocenters. The lowest BCUT2D eigenvalue weighted by molar-refractivity contribution is -0.159. The van der Waals surface area contributed by atoms with Crippen LogP contribution in [-0.4, -0.2) is 24.1 Å². The monoisotopic (exact) mass is 262 g/mol. The van der Waals surface area contributed by atoms with Gasteiger partial charge in [-0.3, -0.25) is 4.79 Å². The van der Waals surface area contributed by atoms with Gasteiger partial charge in [-0.2, -0.15) is 5.26 Å². The molecule has 0 aliphatic carbocycles. The van der Waals surface area contributed by atoms with Gasteiger partial charge in [0.25, 0.3) is 5.91 Å². The molecule has 0 unspecified atom stereocenters. The van der Waals surface area contributed by atoms with Crippen LogP contribution in [0, 0.1) is 11.3 Å². The summed E-state index contributed by atoms with van der Waals surface area (Å²) in [6, 6.07) is 8.25. The third kappa shape index (κ3) is 4.32. The van der Waals surface area contributed by atoms with Crippen LogP contribution in [0.1, 0.15) is 19.4 Å². The minimum absolute atomic E-state index is 0.426. The van der Waals surface area contributed by atoms with E-state index in [-0.39, 0.29) is 0 Å². The van der Waals surface area contributed by atoms with Crippen LogP contribution < -0.4 is 10.5 Å². The molecule has 0 aliphatic heterocycles. The van der Waals surface area contributed by atoms with E-state index in [9.17, 15) is 9.59 Å². The second kappa shape index (κ2) is 6.40. The predicted octanol–water partition coefficient (Wildman–Crippen LogP) is 0.743. The van der Waals surface area contributed by atoms with Crippen LogP contribution >= 0.6 is 0 Å². The minimum atomic E-state index is -1.00. The van der Waals surface area contributed by atoms with Crippen LogP contribution in [0.15, 0.2) is 24.3 Å². The van der Waals surface area contributed by atoms with Crippen molar-refractivity contribution in [1.29, 1.82) is 5.26 Å². The summed E-state index contributed by atoms with van der Waals surface area (Å²) < 4.78 is 10.1. The average Bonchev–Trinajstić information content (AvgIpc) is 2.39. The molecular formula is C13H14N2O4. The molecule has 2 N–H and O–H groups in total. The molecule has 0 bridgehead atoms. The number of hydrogen-bond acceptors (Lipinski definition) is 5. The van der Waals surface area contributed by atoms with E-state index >= 15 is 0 Å². The van der Waals surface area contributed by atoms with Crippen LogP contribution in [-0.2, 0) is 14.3 Å². The molecule has 100 valence electrons. The van der Waals surface area contributed by atoms with Crippen molar-refractivity contribution in [3.63, 3.8) is 0 Å². The molecule has 0 saturated heterocycles. The van der Waals surface area contributed by atoms with Crippen LogP contribution in [0.2, 0.25) is 0 Å². The zero-order chi connectivity index (χ0) is 14.4. The topological polar surface area (TPSA) is 102 Å². The molecule has 1 aromatic carbocycles. The summed E-state index contributed by atoms with van der Waals surface area (Å²) in [5.41, 5.74) is 5.47. The Morgan fingerprint density at radius 1 is 1.21 bits per heavy atom. The summed E-state index contributed by atoms with van der Waals surface area (Å²) in [5.74, 6) is -0.982. The molecule has 1 rings (SSSR count). The first kappa shape index (κ1) is 14.5. The number of nitriles is 1. The van der Waals surface area contributed by atoms with Gasteiger partial charge in [-0.25, -0.2) is 4.79 Å². The summed E-state index contributed by atoms with van der Waals surface area (Å²) in [4.78, 5) is 22.3. The average molecular weight is 262 g/mol. The first-order valence-corrected chi connectivity index (χ1v) is 5.60. The Morgan fingerprint density at radius 2 is 1.79 bits per heavy atom. The zero-order valence-electron chi connectivity index (χ0n) is 10.6. The first-order valence-electron chi connectivity index (χ1n) is 5.60. The number of esters is 1. The summed E-state index contributed by atoms with van der Waals surface area (Å²) in [5, 5.41) is 8.64. The van der Waals surface area contributed by atoms with Gasteiger partial charge >= 0.3 is 5.97 Å². The summed E-state index contributed by atoms with van der Waals surface area (Å²) in [6.07, 6.45) is -1.88. The van der Waals surface area contributed by atoms with E-state index in [2.05, 4.69) is 0 Å². The van der Waals surface area contributed by atoms with Gasteiger partial charge in [0.15, 0.2) is 12.2 Å². The third-order valence-electron chi connectivity index (χ3n) is 2.32. The number of hydrogen-bond donors (Lipinski definition) is 1. The summed E-state index contributed by atoms with van der Waals surface area (Å²) in [7, 11) is 0. The van der Waals surface area contributed by atoms with Crippen molar-refractivity contribution >= 4 is 11.9 Å². The van der Waals surface area contributed by atoms with Gasteiger partial charge in [0, 0.05) is 0 Å². The second-order valence-corrected chi connectivity index (χ2v) is 3.88. The first-order chi connectivity index (χ1) is 8.93. The van der Waals surface area contributed by atoms with E-state index in [1.165, 1.54) is 13.8 Å². The van der Waals surface area contributed by atoms with Gasteiger partial charge in [0.1, 0.15) is 5.75 Å². The van der Waals surface area contributed by atoms with E-state index in [0.29, 0.717) is 11.3 Å². The van der Waals surface area contributed by atoms with Crippen molar-refractivity contribution in [3.8, 4) is 11.8 Å². The third-order valence-corrected chi connectivity index (χ3v) is 2.32. The molecule has 0 spiro atoms. The van der Waals surface area contributed by atoms with Crippen LogP contribution in [0.4, 0.5) is 0 Å². The Bertz CT molecular complexity index is 504. The van der Waals surface area contributed by atoms with E-state index in [4.69, 9.17) is 20.5 Å². The van der Waals surface area contributed by atoms with Crippen molar-refractivity contribution < 1.29 is 19.1 Å². The molecule has 19 heavy (non-hydrogen) atoms. The molecule has 0 radical (unpaired) electrons. The molecule has 0 fully saturated rings. The van der Waals surface area contributed by atoms with Crippen molar-refractivity contribution in [2.45, 2.75) is 26.1 Å². The quantitative estimate of drug-likeness (QED) is 0.788. The highest BCUT2D eigenvalue weighted by atomic mass is 16.6. The number of nitrogens with two attached hydrogens (primary N) is 1. The van der Waals surface area contributed by atoms with Crippen LogP contribution in [0.3, 0.4) is 0 Å². The maximum absolute atomic E-state index is 11.6. The van der Waals surface area contributed by atoms with Gasteiger partial charge in [-0.15, -0.1) is 0 Å². The van der Waals surface area contributed by atoms with Gasteiger partial charge in [0.05, 0.1) is 11.6 Å². The number of nitrogens with zero attached hydrogens (tertiary/aromatic N) is 1. The van der Waals surface area contributed by atoms with Crippen LogP contribution in [0.25, 0.3) is 0 Å². The Morgan fingerprint density at radius 3 is 2.26 bits per heavy atom. The summed E-state index contributed by atoms with van der Waals surface area (Å²) >= 11 is 0. The number of carbonyl (C=O) groups is 2. The van der Waals surface area contributed by atoms with E-state index in [1.54, 1.807) is 24.3 Å². The Balaban J connectivity index is 2.58. The van der Waals surface area contributed by atoms with Gasteiger partial charge in [-0.1, -0.05) is 0 Å². The molecule has 6 heteroatoms. The highest BCUT2D eigenvalue weighted by Crippen LogP contribution is 2.14. The standard InChI is InChI=1S/C13H14N2O4/c1-8(12(15)16)19-13(17)9(2)18-11-5-3-10(7-14)4-6-11/h3-6,8-9H,1-2H3,(H2,15,16)/t8-,9+/m1/s1. The summed E-state index contributed by atoms with van der Waals surface area (Å²) in [6.45, 7) is 2.88. The minimum Gasteiger partial charge on any atom is -0.479 e. The molecule has 0 aromatic heterocycles. The van der Waals surface area contributed by atoms with E-state index in [0.717, 1.165) is 0 Å². The highest BCUT2D eigenvalue weighted by molar-refractivity contribution is 5.83. The van der Waals surface area contributed by atoms with Gasteiger partial charge < -0.3 is 15.2 Å². The molecular weight excluding hydrogens is 248 g/mol. The number of benzene rings is 1. The van der Waals surface area contributed by atoms with E-state index < -0.39 is 24.1 Å². The normalized spacial score (nSPS) is 12.9. The zero-order valence-corrected chi connectivity index (χ0v) is 10.6.